The van der Waals surface area contributed by atoms with Gasteiger partial charge in [0, 0.05) is 63.9 Å². The van der Waals surface area contributed by atoms with E-state index in [1.807, 2.05) is 0 Å². The van der Waals surface area contributed by atoms with Crippen molar-refractivity contribution in [1.82, 2.24) is 25.4 Å². The Morgan fingerprint density at radius 3 is 2.45 bits per heavy atom. The molecule has 0 unspecified atom stereocenters. The van der Waals surface area contributed by atoms with Crippen LogP contribution < -0.4 is 10.7 Å². The topological polar surface area (TPSA) is 141 Å². The van der Waals surface area contributed by atoms with Crippen LogP contribution in [0.3, 0.4) is 0 Å². The molecule has 1 aliphatic heterocycles. The van der Waals surface area contributed by atoms with Gasteiger partial charge >= 0.3 is 0 Å². The van der Waals surface area contributed by atoms with E-state index >= 15 is 0 Å². The largest absolute Gasteiger partial charge is 0.378 e. The van der Waals surface area contributed by atoms with Gasteiger partial charge in [-0.15, -0.1) is 0 Å². The van der Waals surface area contributed by atoms with Crippen LogP contribution in [0.15, 0.2) is 47.6 Å². The Bertz CT molecular complexity index is 1280. The number of ether oxygens (including phenoxy) is 1. The summed E-state index contributed by atoms with van der Waals surface area (Å²) in [6.45, 7) is 1.84. The Morgan fingerprint density at radius 2 is 1.76 bits per heavy atom. The third-order valence-electron chi connectivity index (χ3n) is 6.68. The van der Waals surface area contributed by atoms with Gasteiger partial charge in [0.25, 0.3) is 5.91 Å². The van der Waals surface area contributed by atoms with Gasteiger partial charge in [0.05, 0.1) is 31.0 Å². The van der Waals surface area contributed by atoms with Crippen LogP contribution in [-0.4, -0.2) is 117 Å². The number of benzene rings is 2. The summed E-state index contributed by atoms with van der Waals surface area (Å²) in [6, 6.07) is 11.3. The monoisotopic (exact) mass is 582 g/mol. The number of amides is 4. The fourth-order valence-corrected chi connectivity index (χ4v) is 4.48. The Balaban J connectivity index is 1.58. The lowest BCUT2D eigenvalue weighted by molar-refractivity contribution is -0.137. The molecule has 1 heterocycles. The van der Waals surface area contributed by atoms with E-state index in [2.05, 4.69) is 15.8 Å². The van der Waals surface area contributed by atoms with E-state index in [1.165, 1.54) is 21.9 Å². The van der Waals surface area contributed by atoms with Crippen LogP contribution in [-0.2, 0) is 25.5 Å². The molecule has 4 amide bonds. The summed E-state index contributed by atoms with van der Waals surface area (Å²) in [6.07, 6.45) is 2.14. The molecule has 0 spiro atoms. The van der Waals surface area contributed by atoms with Crippen molar-refractivity contribution in [3.63, 3.8) is 0 Å². The molecule has 0 aliphatic carbocycles. The Morgan fingerprint density at radius 1 is 1.02 bits per heavy atom. The first-order chi connectivity index (χ1) is 20.4. The molecule has 0 aromatic heterocycles. The highest BCUT2D eigenvalue weighted by Crippen LogP contribution is 2.18. The molecule has 224 valence electrons. The van der Waals surface area contributed by atoms with Crippen LogP contribution in [0.4, 0.5) is 4.39 Å². The number of rotatable bonds is 16. The smallest absolute Gasteiger partial charge is 0.256 e. The van der Waals surface area contributed by atoms with E-state index in [-0.39, 0.29) is 70.4 Å². The van der Waals surface area contributed by atoms with Gasteiger partial charge in [0.2, 0.25) is 18.7 Å². The second kappa shape index (κ2) is 16.6. The quantitative estimate of drug-likeness (QED) is 0.126. The Labute approximate surface area is 243 Å². The molecule has 42 heavy (non-hydrogen) atoms. The van der Waals surface area contributed by atoms with Gasteiger partial charge in [0.15, 0.2) is 6.29 Å². The van der Waals surface area contributed by atoms with Crippen molar-refractivity contribution >= 4 is 36.6 Å². The van der Waals surface area contributed by atoms with Crippen molar-refractivity contribution in [2.45, 2.75) is 6.42 Å². The molecule has 1 fully saturated rings. The van der Waals surface area contributed by atoms with E-state index in [0.717, 1.165) is 6.29 Å². The molecule has 2 N–H and O–H groups in total. The van der Waals surface area contributed by atoms with E-state index in [0.29, 0.717) is 41.8 Å². The van der Waals surface area contributed by atoms with Gasteiger partial charge in [-0.25, -0.2) is 4.39 Å². The van der Waals surface area contributed by atoms with Crippen molar-refractivity contribution in [2.24, 2.45) is 5.10 Å². The molecule has 1 saturated heterocycles. The molecule has 0 atom stereocenters. The number of hydrogen-bond donors (Lipinski definition) is 2. The molecule has 12 nitrogen and oxygen atoms in total. The van der Waals surface area contributed by atoms with Crippen molar-refractivity contribution in [2.75, 3.05) is 66.1 Å². The maximum Gasteiger partial charge on any atom is 0.256 e. The second-order valence-electron chi connectivity index (χ2n) is 9.41. The molecule has 2 aromatic rings. The number of piperazine rings is 1. The van der Waals surface area contributed by atoms with E-state index in [1.54, 1.807) is 42.3 Å². The Hall–Kier alpha value is -4.65. The molecule has 13 heteroatoms. The van der Waals surface area contributed by atoms with Crippen LogP contribution in [0.5, 0.6) is 0 Å². The minimum Gasteiger partial charge on any atom is -0.378 e. The summed E-state index contributed by atoms with van der Waals surface area (Å²) in [5, 5.41) is 6.76. The van der Waals surface area contributed by atoms with Gasteiger partial charge in [0.1, 0.15) is 5.82 Å². The first-order valence-corrected chi connectivity index (χ1v) is 13.5. The average Bonchev–Trinajstić information content (AvgIpc) is 3.02. The first-order valence-electron chi connectivity index (χ1n) is 13.5. The number of halogens is 1. The maximum atomic E-state index is 14.8. The zero-order valence-corrected chi connectivity index (χ0v) is 23.5. The molecule has 0 radical (unpaired) electrons. The number of hydrazone groups is 1. The van der Waals surface area contributed by atoms with Crippen molar-refractivity contribution in [1.29, 1.82) is 0 Å². The lowest BCUT2D eigenvalue weighted by Crippen LogP contribution is -2.52. The van der Waals surface area contributed by atoms with E-state index in [4.69, 9.17) is 4.74 Å². The average molecular weight is 583 g/mol. The fourth-order valence-electron chi connectivity index (χ4n) is 4.48. The molecular weight excluding hydrogens is 547 g/mol. The number of aldehydes is 1. The summed E-state index contributed by atoms with van der Waals surface area (Å²) < 4.78 is 20.1. The lowest BCUT2D eigenvalue weighted by Gasteiger charge is -2.35. The van der Waals surface area contributed by atoms with Gasteiger partial charge in [-0.3, -0.25) is 24.0 Å². The number of nitrogens with one attached hydrogen (secondary N) is 2. The first kappa shape index (κ1) is 31.9. The maximum absolute atomic E-state index is 14.8. The highest BCUT2D eigenvalue weighted by atomic mass is 19.1. The van der Waals surface area contributed by atoms with Crippen LogP contribution in [0.2, 0.25) is 0 Å². The molecule has 0 bridgehead atoms. The highest BCUT2D eigenvalue weighted by Gasteiger charge is 2.27. The normalized spacial score (nSPS) is 13.3. The summed E-state index contributed by atoms with van der Waals surface area (Å²) in [5.74, 6) is -1.41. The van der Waals surface area contributed by atoms with Crippen LogP contribution >= 0.6 is 0 Å². The summed E-state index contributed by atoms with van der Waals surface area (Å²) in [4.78, 5) is 63.5. The second-order valence-corrected chi connectivity index (χ2v) is 9.41. The zero-order valence-electron chi connectivity index (χ0n) is 23.5. The van der Waals surface area contributed by atoms with Crippen LogP contribution in [0.25, 0.3) is 0 Å². The number of carbonyl (C=O) groups excluding carboxylic acids is 5. The number of hydrogen-bond acceptors (Lipinski definition) is 8. The van der Waals surface area contributed by atoms with E-state index in [9.17, 15) is 28.4 Å². The third-order valence-corrected chi connectivity index (χ3v) is 6.68. The number of carbonyl (C=O) groups is 5. The molecule has 1 aliphatic rings. The highest BCUT2D eigenvalue weighted by molar-refractivity contribution is 6.07. The van der Waals surface area contributed by atoms with Gasteiger partial charge in [-0.2, -0.15) is 5.10 Å². The van der Waals surface area contributed by atoms with Crippen molar-refractivity contribution in [3.8, 4) is 0 Å². The van der Waals surface area contributed by atoms with E-state index < -0.39 is 11.7 Å². The van der Waals surface area contributed by atoms with Crippen LogP contribution in [0, 0.1) is 5.82 Å². The molecule has 3 rings (SSSR count). The lowest BCUT2D eigenvalue weighted by atomic mass is 9.97. The zero-order chi connectivity index (χ0) is 30.3. The fraction of sp³-hybridized carbons (Fsp3) is 0.379. The van der Waals surface area contributed by atoms with Crippen LogP contribution in [0.1, 0.15) is 31.8 Å². The summed E-state index contributed by atoms with van der Waals surface area (Å²) in [7, 11) is 1.64. The Kier molecular flexibility index (Phi) is 12.6. The summed E-state index contributed by atoms with van der Waals surface area (Å²) >= 11 is 0. The van der Waals surface area contributed by atoms with Gasteiger partial charge in [-0.1, -0.05) is 30.3 Å². The van der Waals surface area contributed by atoms with Gasteiger partial charge < -0.3 is 30.2 Å². The van der Waals surface area contributed by atoms with Crippen molar-refractivity contribution in [3.05, 3.63) is 70.5 Å². The minimum atomic E-state index is -0.659. The summed E-state index contributed by atoms with van der Waals surface area (Å²) in [5.41, 5.74) is 4.94. The standard InChI is InChI=1S/C29H35FN6O6/c1-31-33-27(24-5-3-2-4-23(24)19-37)17-22-6-7-26(30)25(16-22)29(41)36-11-9-35(10-12-36)28(40)18-34(21-39)13-15-42-14-8-32-20-38/h2-7,16,19-21,31H,8-15,17-18H2,1H3,(H,32,38)/b33-27-. The molecular formula is C29H35FN6O6. The number of nitrogens with zero attached hydrogens (tertiary/aromatic N) is 4. The SMILES string of the molecule is CN/N=C(/Cc1ccc(F)c(C(=O)N2CCN(C(=O)CN(C=O)CCOCCNC=O)CC2)c1)c1ccccc1C=O. The molecule has 2 aromatic carbocycles. The molecule has 0 saturated carbocycles. The van der Waals surface area contributed by atoms with Crippen molar-refractivity contribution < 1.29 is 33.1 Å². The van der Waals surface area contributed by atoms with Gasteiger partial charge in [-0.05, 0) is 17.7 Å². The third kappa shape index (κ3) is 8.93. The predicted molar refractivity (Wildman–Crippen MR) is 153 cm³/mol. The minimum absolute atomic E-state index is 0.0878. The predicted octanol–water partition coefficient (Wildman–Crippen LogP) is 0.310.